The molecule has 2 N–H and O–H groups in total. The molecule has 0 aliphatic rings. The van der Waals surface area contributed by atoms with Crippen molar-refractivity contribution in [3.05, 3.63) is 22.7 Å². The maximum absolute atomic E-state index is 11.6. The average Bonchev–Trinajstić information content (AvgIpc) is 2.32. The van der Waals surface area contributed by atoms with Crippen LogP contribution in [0.4, 0.5) is 5.69 Å². The number of benzene rings is 1. The minimum atomic E-state index is -0.0140. The first-order chi connectivity index (χ1) is 8.17. The lowest BCUT2D eigenvalue weighted by Gasteiger charge is -2.09. The molecule has 94 valence electrons. The van der Waals surface area contributed by atoms with Gasteiger partial charge in [0.05, 0.1) is 12.8 Å². The van der Waals surface area contributed by atoms with Crippen molar-refractivity contribution in [2.24, 2.45) is 0 Å². The third-order valence-electron chi connectivity index (χ3n) is 2.23. The molecular formula is C12H17BrN2O2. The number of ether oxygens (including phenoxy) is 1. The minimum absolute atomic E-state index is 0.0140. The van der Waals surface area contributed by atoms with Gasteiger partial charge in [0.2, 0.25) is 5.91 Å². The highest BCUT2D eigenvalue weighted by Crippen LogP contribution is 2.27. The number of methoxy groups -OCH3 is 1. The largest absolute Gasteiger partial charge is 0.497 e. The Kier molecular flexibility index (Phi) is 6.00. The highest BCUT2D eigenvalue weighted by atomic mass is 79.9. The van der Waals surface area contributed by atoms with Crippen LogP contribution in [0.25, 0.3) is 0 Å². The van der Waals surface area contributed by atoms with E-state index in [2.05, 4.69) is 26.6 Å². The van der Waals surface area contributed by atoms with Crippen molar-refractivity contribution in [3.63, 3.8) is 0 Å². The van der Waals surface area contributed by atoms with Crippen LogP contribution in [0, 0.1) is 0 Å². The van der Waals surface area contributed by atoms with Crippen LogP contribution in [-0.4, -0.2) is 26.1 Å². The first kappa shape index (κ1) is 14.0. The molecule has 0 saturated heterocycles. The van der Waals surface area contributed by atoms with Crippen molar-refractivity contribution in [1.82, 2.24) is 5.32 Å². The van der Waals surface area contributed by atoms with Gasteiger partial charge in [-0.25, -0.2) is 0 Å². The Morgan fingerprint density at radius 2 is 2.24 bits per heavy atom. The summed E-state index contributed by atoms with van der Waals surface area (Å²) in [6, 6.07) is 5.46. The SMILES string of the molecule is CCNCCC(=O)Nc1cc(OC)ccc1Br. The summed E-state index contributed by atoms with van der Waals surface area (Å²) in [6.07, 6.45) is 0.456. The number of anilines is 1. The third-order valence-corrected chi connectivity index (χ3v) is 2.92. The van der Waals surface area contributed by atoms with E-state index >= 15 is 0 Å². The summed E-state index contributed by atoms with van der Waals surface area (Å²) in [5.41, 5.74) is 0.728. The van der Waals surface area contributed by atoms with Gasteiger partial charge in [0, 0.05) is 23.5 Å². The standard InChI is InChI=1S/C12H17BrN2O2/c1-3-14-7-6-12(16)15-11-8-9(17-2)4-5-10(11)13/h4-5,8,14H,3,6-7H2,1-2H3,(H,15,16). The lowest BCUT2D eigenvalue weighted by Crippen LogP contribution is -2.21. The summed E-state index contributed by atoms with van der Waals surface area (Å²) in [5.74, 6) is 0.704. The van der Waals surface area contributed by atoms with Gasteiger partial charge < -0.3 is 15.4 Å². The van der Waals surface area contributed by atoms with Gasteiger partial charge in [-0.2, -0.15) is 0 Å². The number of hydrogen-bond donors (Lipinski definition) is 2. The Morgan fingerprint density at radius 3 is 2.88 bits per heavy atom. The van der Waals surface area contributed by atoms with Gasteiger partial charge in [-0.3, -0.25) is 4.79 Å². The second-order valence-corrected chi connectivity index (χ2v) is 4.35. The van der Waals surface area contributed by atoms with Crippen LogP contribution in [-0.2, 0) is 4.79 Å². The fourth-order valence-corrected chi connectivity index (χ4v) is 1.66. The van der Waals surface area contributed by atoms with Crippen LogP contribution in [0.5, 0.6) is 5.75 Å². The van der Waals surface area contributed by atoms with Crippen molar-refractivity contribution >= 4 is 27.5 Å². The Morgan fingerprint density at radius 1 is 1.47 bits per heavy atom. The Balaban J connectivity index is 2.57. The Labute approximate surface area is 110 Å². The zero-order valence-electron chi connectivity index (χ0n) is 10.0. The third kappa shape index (κ3) is 4.75. The molecular weight excluding hydrogens is 284 g/mol. The predicted octanol–water partition coefficient (Wildman–Crippen LogP) is 2.40. The number of nitrogens with one attached hydrogen (secondary N) is 2. The quantitative estimate of drug-likeness (QED) is 0.793. The van der Waals surface area contributed by atoms with E-state index in [1.165, 1.54) is 0 Å². The fraction of sp³-hybridized carbons (Fsp3) is 0.417. The van der Waals surface area contributed by atoms with Gasteiger partial charge >= 0.3 is 0 Å². The van der Waals surface area contributed by atoms with Gasteiger partial charge in [-0.15, -0.1) is 0 Å². The van der Waals surface area contributed by atoms with Crippen molar-refractivity contribution in [3.8, 4) is 5.75 Å². The molecule has 0 aliphatic heterocycles. The summed E-state index contributed by atoms with van der Waals surface area (Å²) in [7, 11) is 1.60. The second kappa shape index (κ2) is 7.29. The predicted molar refractivity (Wildman–Crippen MR) is 72.5 cm³/mol. The van der Waals surface area contributed by atoms with E-state index in [0.29, 0.717) is 13.0 Å². The molecule has 0 spiro atoms. The second-order valence-electron chi connectivity index (χ2n) is 3.50. The monoisotopic (exact) mass is 300 g/mol. The summed E-state index contributed by atoms with van der Waals surface area (Å²) in [6.45, 7) is 3.57. The molecule has 0 bridgehead atoms. The van der Waals surface area contributed by atoms with Crippen LogP contribution in [0.3, 0.4) is 0 Å². The lowest BCUT2D eigenvalue weighted by atomic mass is 10.3. The Hall–Kier alpha value is -1.07. The number of hydrogen-bond acceptors (Lipinski definition) is 3. The molecule has 0 aliphatic carbocycles. The minimum Gasteiger partial charge on any atom is -0.497 e. The van der Waals surface area contributed by atoms with E-state index in [1.54, 1.807) is 13.2 Å². The van der Waals surface area contributed by atoms with Gasteiger partial charge in [0.1, 0.15) is 5.75 Å². The normalized spacial score (nSPS) is 10.1. The van der Waals surface area contributed by atoms with E-state index in [9.17, 15) is 4.79 Å². The van der Waals surface area contributed by atoms with E-state index in [4.69, 9.17) is 4.74 Å². The summed E-state index contributed by atoms with van der Waals surface area (Å²) < 4.78 is 5.95. The molecule has 1 aromatic rings. The number of halogens is 1. The van der Waals surface area contributed by atoms with Gasteiger partial charge in [0.15, 0.2) is 0 Å². The van der Waals surface area contributed by atoms with Gasteiger partial charge in [0.25, 0.3) is 0 Å². The highest BCUT2D eigenvalue weighted by Gasteiger charge is 2.06. The molecule has 0 saturated carbocycles. The molecule has 0 atom stereocenters. The summed E-state index contributed by atoms with van der Waals surface area (Å²) in [5, 5.41) is 5.94. The molecule has 0 aromatic heterocycles. The molecule has 17 heavy (non-hydrogen) atoms. The zero-order valence-corrected chi connectivity index (χ0v) is 11.6. The van der Waals surface area contributed by atoms with Crippen LogP contribution in [0.1, 0.15) is 13.3 Å². The van der Waals surface area contributed by atoms with E-state index in [1.807, 2.05) is 19.1 Å². The smallest absolute Gasteiger partial charge is 0.225 e. The Bertz CT molecular complexity index is 383. The summed E-state index contributed by atoms with van der Waals surface area (Å²) in [4.78, 5) is 11.6. The van der Waals surface area contributed by atoms with Gasteiger partial charge in [-0.05, 0) is 34.6 Å². The molecule has 0 radical (unpaired) electrons. The topological polar surface area (TPSA) is 50.4 Å². The van der Waals surface area contributed by atoms with Crippen LogP contribution < -0.4 is 15.4 Å². The number of rotatable bonds is 6. The van der Waals surface area contributed by atoms with E-state index < -0.39 is 0 Å². The molecule has 4 nitrogen and oxygen atoms in total. The van der Waals surface area contributed by atoms with E-state index in [0.717, 1.165) is 22.5 Å². The molecule has 0 fully saturated rings. The maximum atomic E-state index is 11.6. The molecule has 1 rings (SSSR count). The summed E-state index contributed by atoms with van der Waals surface area (Å²) >= 11 is 3.38. The lowest BCUT2D eigenvalue weighted by molar-refractivity contribution is -0.116. The van der Waals surface area contributed by atoms with Crippen LogP contribution >= 0.6 is 15.9 Å². The van der Waals surface area contributed by atoms with Crippen LogP contribution in [0.15, 0.2) is 22.7 Å². The van der Waals surface area contributed by atoms with Crippen molar-refractivity contribution in [2.45, 2.75) is 13.3 Å². The zero-order chi connectivity index (χ0) is 12.7. The molecule has 1 aromatic carbocycles. The average molecular weight is 301 g/mol. The number of carbonyl (C=O) groups is 1. The van der Waals surface area contributed by atoms with Crippen molar-refractivity contribution in [2.75, 3.05) is 25.5 Å². The first-order valence-electron chi connectivity index (χ1n) is 5.51. The molecule has 1 amide bonds. The highest BCUT2D eigenvalue weighted by molar-refractivity contribution is 9.10. The van der Waals surface area contributed by atoms with Crippen LogP contribution in [0.2, 0.25) is 0 Å². The van der Waals surface area contributed by atoms with Gasteiger partial charge in [-0.1, -0.05) is 6.92 Å². The number of carbonyl (C=O) groups excluding carboxylic acids is 1. The van der Waals surface area contributed by atoms with Crippen molar-refractivity contribution < 1.29 is 9.53 Å². The molecule has 5 heteroatoms. The first-order valence-corrected chi connectivity index (χ1v) is 6.30. The van der Waals surface area contributed by atoms with Crippen molar-refractivity contribution in [1.29, 1.82) is 0 Å². The number of amides is 1. The van der Waals surface area contributed by atoms with E-state index in [-0.39, 0.29) is 5.91 Å². The molecule has 0 heterocycles. The molecule has 0 unspecified atom stereocenters. The maximum Gasteiger partial charge on any atom is 0.225 e. The fourth-order valence-electron chi connectivity index (χ4n) is 1.32.